The molecule has 1 rings (SSSR count). The lowest BCUT2D eigenvalue weighted by molar-refractivity contribution is 0.512. The van der Waals surface area contributed by atoms with E-state index in [0.29, 0.717) is 15.2 Å². The predicted octanol–water partition coefficient (Wildman–Crippen LogP) is 2.83. The summed E-state index contributed by atoms with van der Waals surface area (Å²) in [5.74, 6) is 0. The number of sulfonamides is 1. The summed E-state index contributed by atoms with van der Waals surface area (Å²) in [6.07, 6.45) is 2.60. The number of rotatable bonds is 7. The van der Waals surface area contributed by atoms with Crippen molar-refractivity contribution in [2.45, 2.75) is 50.6 Å². The molecule has 0 bridgehead atoms. The average molecular weight is 355 g/mol. The van der Waals surface area contributed by atoms with Crippen molar-refractivity contribution in [1.29, 1.82) is 0 Å². The van der Waals surface area contributed by atoms with Gasteiger partial charge >= 0.3 is 0 Å². The summed E-state index contributed by atoms with van der Waals surface area (Å²) < 4.78 is 27.9. The number of hydrogen-bond acceptors (Lipinski definition) is 4. The van der Waals surface area contributed by atoms with Crippen LogP contribution in [-0.4, -0.2) is 14.5 Å². The van der Waals surface area contributed by atoms with Crippen LogP contribution >= 0.6 is 27.3 Å². The highest BCUT2D eigenvalue weighted by Crippen LogP contribution is 2.31. The first-order valence-corrected chi connectivity index (χ1v) is 9.04. The molecule has 0 spiro atoms. The second-order valence-corrected chi connectivity index (χ2v) is 8.21. The first kappa shape index (κ1) is 16.1. The van der Waals surface area contributed by atoms with Crippen molar-refractivity contribution < 1.29 is 8.42 Å². The third kappa shape index (κ3) is 4.03. The number of nitrogens with one attached hydrogen (secondary N) is 1. The van der Waals surface area contributed by atoms with Crippen molar-refractivity contribution in [3.05, 3.63) is 14.7 Å². The van der Waals surface area contributed by atoms with Crippen molar-refractivity contribution in [3.63, 3.8) is 0 Å². The van der Waals surface area contributed by atoms with Crippen LogP contribution in [0.15, 0.2) is 14.7 Å². The molecule has 1 heterocycles. The van der Waals surface area contributed by atoms with Gasteiger partial charge in [0, 0.05) is 17.5 Å². The lowest BCUT2D eigenvalue weighted by Gasteiger charge is -2.15. The number of hydrogen-bond donors (Lipinski definition) is 2. The lowest BCUT2D eigenvalue weighted by Crippen LogP contribution is -2.34. The van der Waals surface area contributed by atoms with E-state index in [-0.39, 0.29) is 6.04 Å². The van der Waals surface area contributed by atoms with Gasteiger partial charge in [0.1, 0.15) is 4.90 Å². The molecular formula is C11H19BrN2O2S2. The molecule has 0 saturated heterocycles. The van der Waals surface area contributed by atoms with Crippen molar-refractivity contribution in [1.82, 2.24) is 4.72 Å². The van der Waals surface area contributed by atoms with Crippen molar-refractivity contribution in [3.8, 4) is 0 Å². The summed E-state index contributed by atoms with van der Waals surface area (Å²) in [4.78, 5) is 1.15. The Labute approximate surface area is 121 Å². The molecule has 1 unspecified atom stereocenters. The number of thiophene rings is 1. The summed E-state index contributed by atoms with van der Waals surface area (Å²) >= 11 is 4.65. The molecule has 0 aliphatic heterocycles. The van der Waals surface area contributed by atoms with Gasteiger partial charge in [0.25, 0.3) is 0 Å². The zero-order valence-corrected chi connectivity index (χ0v) is 13.8. The lowest BCUT2D eigenvalue weighted by atomic mass is 10.1. The molecule has 0 fully saturated rings. The standard InChI is InChI=1S/C11H19BrN2O2S2/c1-3-5-8(4-2)14-18(15,16)10-6-9(7-13)17-11(10)12/h6,8,14H,3-5,7,13H2,1-2H3. The third-order valence-electron chi connectivity index (χ3n) is 2.65. The molecule has 1 aromatic rings. The van der Waals surface area contributed by atoms with Gasteiger partial charge in [0.05, 0.1) is 3.79 Å². The molecular weight excluding hydrogens is 336 g/mol. The van der Waals surface area contributed by atoms with Crippen LogP contribution in [0.5, 0.6) is 0 Å². The Hall–Kier alpha value is 0.0500. The van der Waals surface area contributed by atoms with Gasteiger partial charge in [-0.1, -0.05) is 20.3 Å². The maximum Gasteiger partial charge on any atom is 0.242 e. The summed E-state index contributed by atoms with van der Waals surface area (Å²) in [5, 5.41) is 0. The topological polar surface area (TPSA) is 72.2 Å². The molecule has 0 aromatic carbocycles. The van der Waals surface area contributed by atoms with E-state index in [4.69, 9.17) is 5.73 Å². The highest BCUT2D eigenvalue weighted by atomic mass is 79.9. The fraction of sp³-hybridized carbons (Fsp3) is 0.636. The maximum absolute atomic E-state index is 12.3. The van der Waals surface area contributed by atoms with Crippen molar-refractivity contribution in [2.24, 2.45) is 5.73 Å². The Balaban J connectivity index is 2.94. The Kier molecular flexibility index (Phi) is 6.26. The smallest absolute Gasteiger partial charge is 0.242 e. The number of nitrogens with two attached hydrogens (primary N) is 1. The predicted molar refractivity (Wildman–Crippen MR) is 79.2 cm³/mol. The summed E-state index contributed by atoms with van der Waals surface area (Å²) in [6, 6.07) is 1.63. The Bertz CT molecular complexity index is 485. The van der Waals surface area contributed by atoms with Gasteiger partial charge in [0.2, 0.25) is 10.0 Å². The van der Waals surface area contributed by atoms with Crippen LogP contribution in [0.1, 0.15) is 38.0 Å². The van der Waals surface area contributed by atoms with E-state index in [1.54, 1.807) is 6.07 Å². The van der Waals surface area contributed by atoms with Crippen LogP contribution < -0.4 is 10.5 Å². The molecule has 0 saturated carbocycles. The largest absolute Gasteiger partial charge is 0.326 e. The molecule has 0 amide bonds. The van der Waals surface area contributed by atoms with Gasteiger partial charge in [-0.25, -0.2) is 13.1 Å². The van der Waals surface area contributed by atoms with Gasteiger partial charge in [0.15, 0.2) is 0 Å². The second-order valence-electron chi connectivity index (χ2n) is 4.07. The minimum absolute atomic E-state index is 0.00636. The van der Waals surface area contributed by atoms with E-state index < -0.39 is 10.0 Å². The van der Waals surface area contributed by atoms with Crippen LogP contribution in [0, 0.1) is 0 Å². The fourth-order valence-electron chi connectivity index (χ4n) is 1.66. The normalized spacial score (nSPS) is 13.8. The monoisotopic (exact) mass is 354 g/mol. The quantitative estimate of drug-likeness (QED) is 0.790. The van der Waals surface area contributed by atoms with E-state index in [1.807, 2.05) is 13.8 Å². The Morgan fingerprint density at radius 2 is 2.17 bits per heavy atom. The van der Waals surface area contributed by atoms with E-state index >= 15 is 0 Å². The van der Waals surface area contributed by atoms with E-state index in [2.05, 4.69) is 20.7 Å². The van der Waals surface area contributed by atoms with E-state index in [9.17, 15) is 8.42 Å². The van der Waals surface area contributed by atoms with E-state index in [1.165, 1.54) is 11.3 Å². The van der Waals surface area contributed by atoms with E-state index in [0.717, 1.165) is 24.1 Å². The third-order valence-corrected chi connectivity index (χ3v) is 6.44. The van der Waals surface area contributed by atoms with Gasteiger partial charge in [-0.2, -0.15) is 0 Å². The summed E-state index contributed by atoms with van der Waals surface area (Å²) in [5.41, 5.74) is 5.52. The molecule has 4 nitrogen and oxygen atoms in total. The van der Waals surface area contributed by atoms with Crippen molar-refractivity contribution >= 4 is 37.3 Å². The molecule has 0 aliphatic carbocycles. The van der Waals surface area contributed by atoms with Crippen LogP contribution in [0.3, 0.4) is 0 Å². The average Bonchev–Trinajstić information content (AvgIpc) is 2.70. The van der Waals surface area contributed by atoms with Crippen LogP contribution in [0.2, 0.25) is 0 Å². The fourth-order valence-corrected chi connectivity index (χ4v) is 5.57. The molecule has 0 aliphatic rings. The molecule has 1 atom stereocenters. The minimum atomic E-state index is -3.46. The summed E-state index contributed by atoms with van der Waals surface area (Å²) in [7, 11) is -3.46. The Morgan fingerprint density at radius 1 is 1.50 bits per heavy atom. The molecule has 18 heavy (non-hydrogen) atoms. The maximum atomic E-state index is 12.3. The highest BCUT2D eigenvalue weighted by Gasteiger charge is 2.23. The molecule has 3 N–H and O–H groups in total. The van der Waals surface area contributed by atoms with Crippen LogP contribution in [0.25, 0.3) is 0 Å². The zero-order chi connectivity index (χ0) is 13.8. The summed E-state index contributed by atoms with van der Waals surface area (Å²) in [6.45, 7) is 4.38. The molecule has 7 heteroatoms. The van der Waals surface area contributed by atoms with Crippen LogP contribution in [0.4, 0.5) is 0 Å². The second kappa shape index (κ2) is 7.00. The van der Waals surface area contributed by atoms with Crippen LogP contribution in [-0.2, 0) is 16.6 Å². The first-order chi connectivity index (χ1) is 8.44. The van der Waals surface area contributed by atoms with Gasteiger partial charge < -0.3 is 5.73 Å². The number of halogens is 1. The van der Waals surface area contributed by atoms with Gasteiger partial charge in [-0.3, -0.25) is 0 Å². The van der Waals surface area contributed by atoms with Gasteiger partial charge in [-0.05, 0) is 34.8 Å². The molecule has 1 aromatic heterocycles. The SMILES string of the molecule is CCCC(CC)NS(=O)(=O)c1cc(CN)sc1Br. The van der Waals surface area contributed by atoms with Gasteiger partial charge in [-0.15, -0.1) is 11.3 Å². The highest BCUT2D eigenvalue weighted by molar-refractivity contribution is 9.11. The van der Waals surface area contributed by atoms with Crippen molar-refractivity contribution in [2.75, 3.05) is 0 Å². The minimum Gasteiger partial charge on any atom is -0.326 e. The molecule has 0 radical (unpaired) electrons. The Morgan fingerprint density at radius 3 is 2.61 bits per heavy atom. The zero-order valence-electron chi connectivity index (χ0n) is 10.6. The first-order valence-electron chi connectivity index (χ1n) is 5.95. The molecule has 104 valence electrons.